The van der Waals surface area contributed by atoms with Crippen LogP contribution in [0.2, 0.25) is 0 Å². The highest BCUT2D eigenvalue weighted by Crippen LogP contribution is 2.37. The molecule has 0 radical (unpaired) electrons. The smallest absolute Gasteiger partial charge is 0.151 e. The maximum atomic E-state index is 12.0. The Hall–Kier alpha value is -0.870. The average Bonchev–Trinajstić information content (AvgIpc) is 2.36. The van der Waals surface area contributed by atoms with Gasteiger partial charge in [-0.3, -0.25) is 0 Å². The first-order valence-corrected chi connectivity index (χ1v) is 9.91. The van der Waals surface area contributed by atoms with Gasteiger partial charge in [0.15, 0.2) is 9.84 Å². The zero-order chi connectivity index (χ0) is 15.5. The predicted octanol–water partition coefficient (Wildman–Crippen LogP) is 3.43. The molecular weight excluding hydrogens is 282 g/mol. The molecule has 21 heavy (non-hydrogen) atoms. The van der Waals surface area contributed by atoms with E-state index in [0.717, 1.165) is 18.5 Å². The molecule has 2 atom stereocenters. The van der Waals surface area contributed by atoms with Crippen LogP contribution >= 0.6 is 0 Å². The highest BCUT2D eigenvalue weighted by molar-refractivity contribution is 7.91. The molecule has 118 valence electrons. The summed E-state index contributed by atoms with van der Waals surface area (Å²) in [6.07, 6.45) is 6.16. The third-order valence-corrected chi connectivity index (χ3v) is 6.23. The molecule has 1 aliphatic rings. The quantitative estimate of drug-likeness (QED) is 0.839. The number of hydrogen-bond acceptors (Lipinski definition) is 3. The average molecular weight is 309 g/mol. The highest BCUT2D eigenvalue weighted by Gasteiger charge is 2.28. The zero-order valence-electron chi connectivity index (χ0n) is 13.3. The third-order valence-electron chi connectivity index (χ3n) is 4.61. The van der Waals surface area contributed by atoms with Crippen LogP contribution in [0, 0.1) is 0 Å². The van der Waals surface area contributed by atoms with Crippen molar-refractivity contribution in [3.8, 4) is 0 Å². The fourth-order valence-corrected chi connectivity index (χ4v) is 3.60. The van der Waals surface area contributed by atoms with Crippen LogP contribution in [0.15, 0.2) is 24.3 Å². The van der Waals surface area contributed by atoms with Gasteiger partial charge >= 0.3 is 0 Å². The van der Waals surface area contributed by atoms with Crippen molar-refractivity contribution in [3.63, 3.8) is 0 Å². The van der Waals surface area contributed by atoms with Crippen LogP contribution in [0.1, 0.15) is 62.6 Å². The first kappa shape index (κ1) is 16.5. The minimum absolute atomic E-state index is 0.125. The maximum absolute atomic E-state index is 12.0. The molecule has 1 aliphatic carbocycles. The standard InChI is InChI=1S/C17H27NO2S/c1-4-11-18-17(13(2)21(3,19)20)16-10-6-9-15(12-16)14-7-5-8-14/h6,9-10,12-14,17-18H,4-5,7-8,11H2,1-3H3. The predicted molar refractivity (Wildman–Crippen MR) is 88.4 cm³/mol. The lowest BCUT2D eigenvalue weighted by atomic mass is 9.79. The number of nitrogens with one attached hydrogen (secondary N) is 1. The van der Waals surface area contributed by atoms with Gasteiger partial charge in [-0.25, -0.2) is 8.42 Å². The summed E-state index contributed by atoms with van der Waals surface area (Å²) in [5, 5.41) is 3.00. The minimum atomic E-state index is -3.07. The van der Waals surface area contributed by atoms with E-state index < -0.39 is 15.1 Å². The van der Waals surface area contributed by atoms with Crippen LogP contribution < -0.4 is 5.32 Å². The fourth-order valence-electron chi connectivity index (χ4n) is 2.85. The van der Waals surface area contributed by atoms with Crippen molar-refractivity contribution in [2.45, 2.75) is 56.7 Å². The van der Waals surface area contributed by atoms with Crippen LogP contribution in [0.25, 0.3) is 0 Å². The summed E-state index contributed by atoms with van der Waals surface area (Å²) < 4.78 is 23.9. The summed E-state index contributed by atoms with van der Waals surface area (Å²) in [4.78, 5) is 0. The summed E-state index contributed by atoms with van der Waals surface area (Å²) in [5.41, 5.74) is 2.47. The Bertz CT molecular complexity index is 564. The van der Waals surface area contributed by atoms with Crippen LogP contribution in [-0.2, 0) is 9.84 Å². The summed E-state index contributed by atoms with van der Waals surface area (Å²) in [6, 6.07) is 8.38. The lowest BCUT2D eigenvalue weighted by Crippen LogP contribution is -2.35. The van der Waals surface area contributed by atoms with E-state index in [1.54, 1.807) is 6.92 Å². The maximum Gasteiger partial charge on any atom is 0.151 e. The van der Waals surface area contributed by atoms with Gasteiger partial charge in [0.25, 0.3) is 0 Å². The fraction of sp³-hybridized carbons (Fsp3) is 0.647. The van der Waals surface area contributed by atoms with Crippen molar-refractivity contribution >= 4 is 9.84 Å². The molecule has 0 heterocycles. The number of rotatable bonds is 7. The lowest BCUT2D eigenvalue weighted by molar-refractivity contribution is 0.418. The van der Waals surface area contributed by atoms with Crippen LogP contribution in [0.5, 0.6) is 0 Å². The van der Waals surface area contributed by atoms with E-state index in [4.69, 9.17) is 0 Å². The van der Waals surface area contributed by atoms with Gasteiger partial charge in [0.2, 0.25) is 0 Å². The molecule has 0 bridgehead atoms. The van der Waals surface area contributed by atoms with Crippen LogP contribution in [0.3, 0.4) is 0 Å². The molecule has 2 unspecified atom stereocenters. The van der Waals surface area contributed by atoms with Gasteiger partial charge in [-0.2, -0.15) is 0 Å². The summed E-state index contributed by atoms with van der Waals surface area (Å²) in [5.74, 6) is 0.672. The van der Waals surface area contributed by atoms with Gasteiger partial charge in [0.1, 0.15) is 0 Å². The molecular formula is C17H27NO2S. The second-order valence-electron chi connectivity index (χ2n) is 6.26. The van der Waals surface area contributed by atoms with Gasteiger partial charge in [-0.15, -0.1) is 0 Å². The Labute approximate surface area is 129 Å². The lowest BCUT2D eigenvalue weighted by Gasteiger charge is -2.29. The Morgan fingerprint density at radius 1 is 1.33 bits per heavy atom. The van der Waals surface area contributed by atoms with Gasteiger partial charge in [0.05, 0.1) is 5.25 Å². The van der Waals surface area contributed by atoms with Gasteiger partial charge < -0.3 is 5.32 Å². The topological polar surface area (TPSA) is 46.2 Å². The first-order valence-electron chi connectivity index (χ1n) is 7.95. The van der Waals surface area contributed by atoms with E-state index in [0.29, 0.717) is 5.92 Å². The van der Waals surface area contributed by atoms with E-state index in [2.05, 4.69) is 36.5 Å². The second kappa shape index (κ2) is 6.93. The molecule has 1 fully saturated rings. The molecule has 0 amide bonds. The van der Waals surface area contributed by atoms with Crippen molar-refractivity contribution in [2.75, 3.05) is 12.8 Å². The molecule has 1 aromatic carbocycles. The normalized spacial score (nSPS) is 19.0. The third kappa shape index (κ3) is 4.07. The highest BCUT2D eigenvalue weighted by atomic mass is 32.2. The molecule has 1 aromatic rings. The Kier molecular flexibility index (Phi) is 5.44. The molecule has 0 aromatic heterocycles. The summed E-state index contributed by atoms with van der Waals surface area (Å²) in [6.45, 7) is 4.73. The molecule has 1 saturated carbocycles. The van der Waals surface area contributed by atoms with Crippen molar-refractivity contribution in [2.24, 2.45) is 0 Å². The van der Waals surface area contributed by atoms with E-state index in [1.165, 1.54) is 31.1 Å². The largest absolute Gasteiger partial charge is 0.309 e. The molecule has 0 spiro atoms. The number of benzene rings is 1. The molecule has 2 rings (SSSR count). The van der Waals surface area contributed by atoms with Gasteiger partial charge in [0, 0.05) is 12.3 Å². The van der Waals surface area contributed by atoms with E-state index in [1.807, 2.05) is 0 Å². The molecule has 1 N–H and O–H groups in total. The van der Waals surface area contributed by atoms with Gasteiger partial charge in [-0.05, 0) is 49.8 Å². The van der Waals surface area contributed by atoms with Gasteiger partial charge in [-0.1, -0.05) is 37.6 Å². The zero-order valence-corrected chi connectivity index (χ0v) is 14.1. The molecule has 4 heteroatoms. The monoisotopic (exact) mass is 309 g/mol. The molecule has 0 aliphatic heterocycles. The Morgan fingerprint density at radius 2 is 2.05 bits per heavy atom. The first-order chi connectivity index (χ1) is 9.93. The summed E-state index contributed by atoms with van der Waals surface area (Å²) in [7, 11) is -3.07. The van der Waals surface area contributed by atoms with Crippen LogP contribution in [0.4, 0.5) is 0 Å². The number of hydrogen-bond donors (Lipinski definition) is 1. The number of sulfone groups is 1. The SMILES string of the molecule is CCCNC(c1cccc(C2CCC2)c1)C(C)S(C)(=O)=O. The van der Waals surface area contributed by atoms with Crippen molar-refractivity contribution in [1.82, 2.24) is 5.32 Å². The van der Waals surface area contributed by atoms with Crippen molar-refractivity contribution in [1.29, 1.82) is 0 Å². The van der Waals surface area contributed by atoms with E-state index in [-0.39, 0.29) is 6.04 Å². The van der Waals surface area contributed by atoms with E-state index >= 15 is 0 Å². The Balaban J connectivity index is 2.27. The summed E-state index contributed by atoms with van der Waals surface area (Å²) >= 11 is 0. The molecule has 3 nitrogen and oxygen atoms in total. The van der Waals surface area contributed by atoms with E-state index in [9.17, 15) is 8.42 Å². The molecule has 0 saturated heterocycles. The second-order valence-corrected chi connectivity index (χ2v) is 8.67. The van der Waals surface area contributed by atoms with Crippen molar-refractivity contribution < 1.29 is 8.42 Å². The minimum Gasteiger partial charge on any atom is -0.309 e. The Morgan fingerprint density at radius 3 is 2.57 bits per heavy atom. The van der Waals surface area contributed by atoms with Crippen molar-refractivity contribution in [3.05, 3.63) is 35.4 Å². The van der Waals surface area contributed by atoms with Crippen LogP contribution in [-0.4, -0.2) is 26.5 Å².